The largest absolute Gasteiger partial charge is 0.478 e. The molecule has 0 bridgehead atoms. The predicted molar refractivity (Wildman–Crippen MR) is 72.3 cm³/mol. The number of carboxylic acid groups (broad SMARTS) is 1. The van der Waals surface area contributed by atoms with E-state index in [1.165, 1.54) is 22.5 Å². The zero-order chi connectivity index (χ0) is 14.8. The first-order valence-corrected chi connectivity index (χ1v) is 7.79. The number of aryl methyl sites for hydroxylation is 1. The molecule has 0 amide bonds. The van der Waals surface area contributed by atoms with Gasteiger partial charge in [-0.2, -0.15) is 4.31 Å². The minimum Gasteiger partial charge on any atom is -0.478 e. The molecule has 2 rings (SSSR count). The highest BCUT2D eigenvalue weighted by Crippen LogP contribution is 2.20. The number of ether oxygens (including phenoxy) is 1. The highest BCUT2D eigenvalue weighted by atomic mass is 32.2. The smallest absolute Gasteiger partial charge is 0.335 e. The highest BCUT2D eigenvalue weighted by Gasteiger charge is 2.26. The van der Waals surface area contributed by atoms with Gasteiger partial charge in [0, 0.05) is 19.7 Å². The van der Waals surface area contributed by atoms with Gasteiger partial charge in [0.2, 0.25) is 10.0 Å². The normalized spacial score (nSPS) is 17.6. The number of hydrogen-bond donors (Lipinski definition) is 1. The first-order chi connectivity index (χ1) is 9.43. The Morgan fingerprint density at radius 3 is 2.75 bits per heavy atom. The maximum absolute atomic E-state index is 12.5. The van der Waals surface area contributed by atoms with Crippen LogP contribution >= 0.6 is 0 Å². The second-order valence-corrected chi connectivity index (χ2v) is 6.59. The summed E-state index contributed by atoms with van der Waals surface area (Å²) in [5.41, 5.74) is 0.549. The molecule has 0 atom stereocenters. The molecule has 1 aromatic rings. The number of hydrogen-bond acceptors (Lipinski definition) is 4. The summed E-state index contributed by atoms with van der Waals surface area (Å²) in [6, 6.07) is 4.19. The van der Waals surface area contributed by atoms with Crippen LogP contribution in [-0.2, 0) is 14.8 Å². The van der Waals surface area contributed by atoms with Crippen LogP contribution in [0.25, 0.3) is 0 Å². The van der Waals surface area contributed by atoms with Crippen LogP contribution in [-0.4, -0.2) is 50.1 Å². The Kier molecular flexibility index (Phi) is 4.42. The third kappa shape index (κ3) is 3.00. The van der Waals surface area contributed by atoms with Crippen molar-refractivity contribution < 1.29 is 23.1 Å². The average molecular weight is 299 g/mol. The van der Waals surface area contributed by atoms with Crippen molar-refractivity contribution in [3.8, 4) is 0 Å². The van der Waals surface area contributed by atoms with Crippen molar-refractivity contribution in [2.45, 2.75) is 18.2 Å². The monoisotopic (exact) mass is 299 g/mol. The van der Waals surface area contributed by atoms with Crippen LogP contribution in [0, 0.1) is 6.92 Å². The summed E-state index contributed by atoms with van der Waals surface area (Å²) in [5.74, 6) is -1.13. The molecule has 1 saturated heterocycles. The van der Waals surface area contributed by atoms with Crippen LogP contribution in [0.2, 0.25) is 0 Å². The van der Waals surface area contributed by atoms with E-state index in [2.05, 4.69) is 0 Å². The fourth-order valence-electron chi connectivity index (χ4n) is 2.10. The minimum atomic E-state index is -3.67. The number of carbonyl (C=O) groups is 1. The second kappa shape index (κ2) is 5.90. The van der Waals surface area contributed by atoms with Gasteiger partial charge in [0.1, 0.15) is 0 Å². The molecule has 0 unspecified atom stereocenters. The molecule has 1 aliphatic heterocycles. The first kappa shape index (κ1) is 15.0. The summed E-state index contributed by atoms with van der Waals surface area (Å²) >= 11 is 0. The summed E-state index contributed by atoms with van der Waals surface area (Å²) in [7, 11) is -3.67. The lowest BCUT2D eigenvalue weighted by molar-refractivity contribution is 0.0696. The fraction of sp³-hybridized carbons (Fsp3) is 0.462. The quantitative estimate of drug-likeness (QED) is 0.903. The summed E-state index contributed by atoms with van der Waals surface area (Å²) in [4.78, 5) is 11.1. The molecule has 1 heterocycles. The average Bonchev–Trinajstić information content (AvgIpc) is 2.67. The highest BCUT2D eigenvalue weighted by molar-refractivity contribution is 7.89. The Morgan fingerprint density at radius 1 is 1.30 bits per heavy atom. The van der Waals surface area contributed by atoms with E-state index in [4.69, 9.17) is 9.84 Å². The molecule has 0 radical (unpaired) electrons. The molecule has 1 aliphatic rings. The Hall–Kier alpha value is -1.44. The predicted octanol–water partition coefficient (Wildman–Crippen LogP) is 1.10. The summed E-state index contributed by atoms with van der Waals surface area (Å²) in [5, 5.41) is 9.08. The van der Waals surface area contributed by atoms with E-state index in [0.29, 0.717) is 38.3 Å². The van der Waals surface area contributed by atoms with E-state index in [0.717, 1.165) is 0 Å². The number of carboxylic acids is 1. The van der Waals surface area contributed by atoms with Gasteiger partial charge in [0.15, 0.2) is 0 Å². The lowest BCUT2D eigenvalue weighted by Gasteiger charge is -2.19. The van der Waals surface area contributed by atoms with E-state index < -0.39 is 16.0 Å². The van der Waals surface area contributed by atoms with Crippen LogP contribution in [0.3, 0.4) is 0 Å². The molecular weight excluding hydrogens is 282 g/mol. The lowest BCUT2D eigenvalue weighted by Crippen LogP contribution is -2.33. The van der Waals surface area contributed by atoms with Crippen LogP contribution in [0.1, 0.15) is 22.3 Å². The molecule has 110 valence electrons. The van der Waals surface area contributed by atoms with Crippen molar-refractivity contribution in [1.29, 1.82) is 0 Å². The zero-order valence-corrected chi connectivity index (χ0v) is 12.0. The van der Waals surface area contributed by atoms with Crippen LogP contribution < -0.4 is 0 Å². The summed E-state index contributed by atoms with van der Waals surface area (Å²) in [6.07, 6.45) is 0.636. The zero-order valence-electron chi connectivity index (χ0n) is 11.2. The van der Waals surface area contributed by atoms with Gasteiger partial charge in [-0.25, -0.2) is 13.2 Å². The van der Waals surface area contributed by atoms with Crippen LogP contribution in [0.4, 0.5) is 0 Å². The molecule has 0 saturated carbocycles. The van der Waals surface area contributed by atoms with E-state index >= 15 is 0 Å². The summed E-state index contributed by atoms with van der Waals surface area (Å²) in [6.45, 7) is 3.22. The molecule has 7 heteroatoms. The van der Waals surface area contributed by atoms with Crippen LogP contribution in [0.15, 0.2) is 23.1 Å². The third-order valence-corrected chi connectivity index (χ3v) is 5.15. The first-order valence-electron chi connectivity index (χ1n) is 6.35. The fourth-order valence-corrected chi connectivity index (χ4v) is 3.59. The van der Waals surface area contributed by atoms with Gasteiger partial charge in [0.05, 0.1) is 17.1 Å². The number of nitrogens with zero attached hydrogens (tertiary/aromatic N) is 1. The third-order valence-electron chi connectivity index (χ3n) is 3.26. The topological polar surface area (TPSA) is 83.9 Å². The van der Waals surface area contributed by atoms with Crippen molar-refractivity contribution in [3.05, 3.63) is 29.3 Å². The van der Waals surface area contributed by atoms with Gasteiger partial charge >= 0.3 is 5.97 Å². The van der Waals surface area contributed by atoms with Gasteiger partial charge in [-0.3, -0.25) is 0 Å². The number of rotatable bonds is 3. The SMILES string of the molecule is Cc1ccc(S(=O)(=O)N2CCCOCC2)cc1C(=O)O. The summed E-state index contributed by atoms with van der Waals surface area (Å²) < 4.78 is 31.6. The molecule has 1 aromatic carbocycles. The van der Waals surface area contributed by atoms with Crippen LogP contribution in [0.5, 0.6) is 0 Å². The van der Waals surface area contributed by atoms with Crippen molar-refractivity contribution >= 4 is 16.0 Å². The number of sulfonamides is 1. The lowest BCUT2D eigenvalue weighted by atomic mass is 10.1. The second-order valence-electron chi connectivity index (χ2n) is 4.65. The maximum atomic E-state index is 12.5. The van der Waals surface area contributed by atoms with Crippen molar-refractivity contribution in [3.63, 3.8) is 0 Å². The van der Waals surface area contributed by atoms with E-state index in [9.17, 15) is 13.2 Å². The van der Waals surface area contributed by atoms with Crippen molar-refractivity contribution in [2.24, 2.45) is 0 Å². The molecular formula is C13H17NO5S. The molecule has 6 nitrogen and oxygen atoms in total. The number of benzene rings is 1. The molecule has 0 aliphatic carbocycles. The molecule has 0 spiro atoms. The van der Waals surface area contributed by atoms with Crippen molar-refractivity contribution in [2.75, 3.05) is 26.3 Å². The Bertz CT molecular complexity index is 603. The van der Waals surface area contributed by atoms with Crippen molar-refractivity contribution in [1.82, 2.24) is 4.31 Å². The van der Waals surface area contributed by atoms with Gasteiger partial charge < -0.3 is 9.84 Å². The van der Waals surface area contributed by atoms with Gasteiger partial charge in [-0.05, 0) is 31.0 Å². The van der Waals surface area contributed by atoms with E-state index in [1.54, 1.807) is 6.92 Å². The maximum Gasteiger partial charge on any atom is 0.335 e. The number of aromatic carboxylic acids is 1. The Labute approximate surface area is 118 Å². The van der Waals surface area contributed by atoms with E-state index in [1.807, 2.05) is 0 Å². The molecule has 20 heavy (non-hydrogen) atoms. The standard InChI is InChI=1S/C13H17NO5S/c1-10-3-4-11(9-12(10)13(15)16)20(17,18)14-5-2-7-19-8-6-14/h3-4,9H,2,5-8H2,1H3,(H,15,16). The Balaban J connectivity index is 2.38. The van der Waals surface area contributed by atoms with Gasteiger partial charge in [-0.1, -0.05) is 6.07 Å². The molecule has 0 aromatic heterocycles. The van der Waals surface area contributed by atoms with Gasteiger partial charge in [0.25, 0.3) is 0 Å². The minimum absolute atomic E-state index is 0.0112. The molecule has 1 fully saturated rings. The Morgan fingerprint density at radius 2 is 2.05 bits per heavy atom. The van der Waals surface area contributed by atoms with E-state index in [-0.39, 0.29) is 10.5 Å². The van der Waals surface area contributed by atoms with Gasteiger partial charge in [-0.15, -0.1) is 0 Å². The molecule has 1 N–H and O–H groups in total.